The van der Waals surface area contributed by atoms with Gasteiger partial charge in [-0.2, -0.15) is 0 Å². The molecule has 0 unspecified atom stereocenters. The number of primary sulfonamides is 1. The molecule has 2 rings (SSSR count). The predicted octanol–water partition coefficient (Wildman–Crippen LogP) is 1.25. The van der Waals surface area contributed by atoms with Crippen LogP contribution in [0, 0.1) is 5.41 Å². The standard InChI is InChI=1S/C13H21N3O3S/c1-9(2)16-7-10(20(14,18)19)6-11(16)12(17)15-8-13(3)4-5-13/h6-7,9H,4-5,8H2,1-3H3,(H,15,17)(H2,14,18,19). The predicted molar refractivity (Wildman–Crippen MR) is 75.9 cm³/mol. The fourth-order valence-electron chi connectivity index (χ4n) is 1.99. The van der Waals surface area contributed by atoms with E-state index in [4.69, 9.17) is 5.14 Å². The molecule has 1 aromatic rings. The molecule has 0 atom stereocenters. The highest BCUT2D eigenvalue weighted by Gasteiger charge is 2.37. The van der Waals surface area contributed by atoms with Gasteiger partial charge in [-0.15, -0.1) is 0 Å². The van der Waals surface area contributed by atoms with Crippen molar-refractivity contribution in [2.45, 2.75) is 44.6 Å². The van der Waals surface area contributed by atoms with Crippen molar-refractivity contribution in [3.05, 3.63) is 18.0 Å². The number of rotatable bonds is 5. The molecule has 0 bridgehead atoms. The van der Waals surface area contributed by atoms with Crippen LogP contribution in [0.4, 0.5) is 0 Å². The molecular weight excluding hydrogens is 278 g/mol. The molecule has 1 amide bonds. The Kier molecular flexibility index (Phi) is 3.68. The molecule has 0 saturated heterocycles. The monoisotopic (exact) mass is 299 g/mol. The summed E-state index contributed by atoms with van der Waals surface area (Å²) < 4.78 is 24.4. The topological polar surface area (TPSA) is 94.2 Å². The fraction of sp³-hybridized carbons (Fsp3) is 0.615. The van der Waals surface area contributed by atoms with Gasteiger partial charge in [-0.25, -0.2) is 13.6 Å². The maximum atomic E-state index is 12.2. The van der Waals surface area contributed by atoms with Gasteiger partial charge in [0.05, 0.1) is 0 Å². The zero-order chi connectivity index (χ0) is 15.1. The first-order valence-electron chi connectivity index (χ1n) is 6.65. The number of nitrogens with zero attached hydrogens (tertiary/aromatic N) is 1. The molecule has 1 saturated carbocycles. The Morgan fingerprint density at radius 3 is 2.55 bits per heavy atom. The molecule has 1 aliphatic rings. The lowest BCUT2D eigenvalue weighted by Crippen LogP contribution is -2.30. The average molecular weight is 299 g/mol. The van der Waals surface area contributed by atoms with Crippen molar-refractivity contribution < 1.29 is 13.2 Å². The van der Waals surface area contributed by atoms with Crippen molar-refractivity contribution >= 4 is 15.9 Å². The Balaban J connectivity index is 2.24. The highest BCUT2D eigenvalue weighted by atomic mass is 32.2. The van der Waals surface area contributed by atoms with E-state index in [0.717, 1.165) is 12.8 Å². The Morgan fingerprint density at radius 2 is 2.10 bits per heavy atom. The number of sulfonamides is 1. The van der Waals surface area contributed by atoms with Crippen LogP contribution < -0.4 is 10.5 Å². The lowest BCUT2D eigenvalue weighted by molar-refractivity contribution is 0.0935. The van der Waals surface area contributed by atoms with E-state index in [2.05, 4.69) is 12.2 Å². The van der Waals surface area contributed by atoms with Gasteiger partial charge in [0, 0.05) is 18.8 Å². The van der Waals surface area contributed by atoms with E-state index in [1.807, 2.05) is 13.8 Å². The van der Waals surface area contributed by atoms with Crippen LogP contribution in [0.3, 0.4) is 0 Å². The molecule has 1 aromatic heterocycles. The van der Waals surface area contributed by atoms with Crippen molar-refractivity contribution in [2.75, 3.05) is 6.54 Å². The SMILES string of the molecule is CC(C)n1cc(S(N)(=O)=O)cc1C(=O)NCC1(C)CC1. The van der Waals surface area contributed by atoms with E-state index < -0.39 is 10.0 Å². The van der Waals surface area contributed by atoms with E-state index in [9.17, 15) is 13.2 Å². The molecule has 1 heterocycles. The first-order chi connectivity index (χ1) is 9.12. The number of nitrogens with two attached hydrogens (primary N) is 1. The summed E-state index contributed by atoms with van der Waals surface area (Å²) in [6.45, 7) is 6.49. The van der Waals surface area contributed by atoms with E-state index in [-0.39, 0.29) is 22.3 Å². The lowest BCUT2D eigenvalue weighted by atomic mass is 10.1. The number of hydrogen-bond acceptors (Lipinski definition) is 3. The normalized spacial score (nSPS) is 17.2. The maximum absolute atomic E-state index is 12.2. The van der Waals surface area contributed by atoms with E-state index in [0.29, 0.717) is 12.2 Å². The van der Waals surface area contributed by atoms with Gasteiger partial charge in [-0.3, -0.25) is 4.79 Å². The molecule has 1 fully saturated rings. The van der Waals surface area contributed by atoms with E-state index in [1.54, 1.807) is 4.57 Å². The van der Waals surface area contributed by atoms with Crippen LogP contribution in [-0.2, 0) is 10.0 Å². The largest absolute Gasteiger partial charge is 0.350 e. The van der Waals surface area contributed by atoms with E-state index in [1.165, 1.54) is 12.3 Å². The zero-order valence-electron chi connectivity index (χ0n) is 12.0. The Hall–Kier alpha value is -1.34. The number of amides is 1. The van der Waals surface area contributed by atoms with Gasteiger partial charge in [-0.05, 0) is 38.2 Å². The molecule has 1 aliphatic carbocycles. The van der Waals surface area contributed by atoms with Crippen molar-refractivity contribution in [2.24, 2.45) is 10.6 Å². The summed E-state index contributed by atoms with van der Waals surface area (Å²) in [5.41, 5.74) is 0.529. The third-order valence-corrected chi connectivity index (χ3v) is 4.60. The highest BCUT2D eigenvalue weighted by molar-refractivity contribution is 7.89. The minimum atomic E-state index is -3.80. The molecular formula is C13H21N3O3S. The van der Waals surface area contributed by atoms with Crippen molar-refractivity contribution in [1.82, 2.24) is 9.88 Å². The molecule has 0 aromatic carbocycles. The minimum Gasteiger partial charge on any atom is -0.350 e. The Bertz CT molecular complexity index is 627. The summed E-state index contributed by atoms with van der Waals surface area (Å²) in [7, 11) is -3.80. The van der Waals surface area contributed by atoms with Crippen LogP contribution in [0.15, 0.2) is 17.2 Å². The van der Waals surface area contributed by atoms with Crippen molar-refractivity contribution in [3.8, 4) is 0 Å². The zero-order valence-corrected chi connectivity index (χ0v) is 12.8. The summed E-state index contributed by atoms with van der Waals surface area (Å²) in [4.78, 5) is 12.2. The van der Waals surface area contributed by atoms with Crippen LogP contribution in [0.5, 0.6) is 0 Å². The summed E-state index contributed by atoms with van der Waals surface area (Å²) in [5, 5.41) is 7.99. The molecule has 3 N–H and O–H groups in total. The Labute approximate surface area is 119 Å². The van der Waals surface area contributed by atoms with Gasteiger partial charge in [-0.1, -0.05) is 6.92 Å². The van der Waals surface area contributed by atoms with Crippen LogP contribution in [0.25, 0.3) is 0 Å². The van der Waals surface area contributed by atoms with Crippen LogP contribution >= 0.6 is 0 Å². The average Bonchev–Trinajstić information content (AvgIpc) is 2.90. The quantitative estimate of drug-likeness (QED) is 0.856. The van der Waals surface area contributed by atoms with Crippen LogP contribution in [-0.4, -0.2) is 25.4 Å². The minimum absolute atomic E-state index is 0.0252. The lowest BCUT2D eigenvalue weighted by Gasteiger charge is -2.14. The molecule has 6 nitrogen and oxygen atoms in total. The summed E-state index contributed by atoms with van der Waals surface area (Å²) in [6, 6.07) is 1.31. The second-order valence-electron chi connectivity index (χ2n) is 6.10. The third-order valence-electron chi connectivity index (χ3n) is 3.72. The summed E-state index contributed by atoms with van der Waals surface area (Å²) in [5.74, 6) is -0.262. The highest BCUT2D eigenvalue weighted by Crippen LogP contribution is 2.44. The molecule has 20 heavy (non-hydrogen) atoms. The number of carbonyl (C=O) groups is 1. The summed E-state index contributed by atoms with van der Waals surface area (Å²) >= 11 is 0. The first-order valence-corrected chi connectivity index (χ1v) is 8.20. The van der Waals surface area contributed by atoms with Crippen LogP contribution in [0.2, 0.25) is 0 Å². The molecule has 7 heteroatoms. The van der Waals surface area contributed by atoms with Gasteiger partial charge >= 0.3 is 0 Å². The smallest absolute Gasteiger partial charge is 0.267 e. The third kappa shape index (κ3) is 3.21. The van der Waals surface area contributed by atoms with Gasteiger partial charge < -0.3 is 9.88 Å². The molecule has 0 spiro atoms. The van der Waals surface area contributed by atoms with Gasteiger partial charge in [0.25, 0.3) is 5.91 Å². The number of hydrogen-bond donors (Lipinski definition) is 2. The first kappa shape index (κ1) is 15.1. The van der Waals surface area contributed by atoms with Gasteiger partial charge in [0.15, 0.2) is 0 Å². The Morgan fingerprint density at radius 1 is 1.50 bits per heavy atom. The molecule has 0 aliphatic heterocycles. The van der Waals surface area contributed by atoms with Crippen molar-refractivity contribution in [1.29, 1.82) is 0 Å². The van der Waals surface area contributed by atoms with Crippen molar-refractivity contribution in [3.63, 3.8) is 0 Å². The molecule has 112 valence electrons. The second-order valence-corrected chi connectivity index (χ2v) is 7.66. The van der Waals surface area contributed by atoms with E-state index >= 15 is 0 Å². The second kappa shape index (κ2) is 4.89. The fourth-order valence-corrected chi connectivity index (χ4v) is 2.53. The maximum Gasteiger partial charge on any atom is 0.267 e. The van der Waals surface area contributed by atoms with Gasteiger partial charge in [0.1, 0.15) is 10.6 Å². The summed E-state index contributed by atoms with van der Waals surface area (Å²) in [6.07, 6.45) is 3.63. The number of aromatic nitrogens is 1. The molecule has 0 radical (unpaired) electrons. The number of nitrogens with one attached hydrogen (secondary N) is 1. The van der Waals surface area contributed by atoms with Crippen LogP contribution in [0.1, 0.15) is 50.1 Å². The van der Waals surface area contributed by atoms with Gasteiger partial charge in [0.2, 0.25) is 10.0 Å². The number of carbonyl (C=O) groups excluding carboxylic acids is 1.